The average Bonchev–Trinajstić information content (AvgIpc) is 2.73. The van der Waals surface area contributed by atoms with Crippen LogP contribution in [0.3, 0.4) is 0 Å². The Morgan fingerprint density at radius 2 is 2.17 bits per heavy atom. The van der Waals surface area contributed by atoms with Gasteiger partial charge < -0.3 is 9.84 Å². The summed E-state index contributed by atoms with van der Waals surface area (Å²) >= 11 is 0. The standard InChI is InChI=1S/C15H21FO2/c1-4-11-5-9(2)13(16)7-12(11)14-6-10(3)15(8-17)18-14/h5,7,10,14-15,17H,4,6,8H2,1-3H3. The summed E-state index contributed by atoms with van der Waals surface area (Å²) in [6.45, 7) is 5.95. The van der Waals surface area contributed by atoms with Crippen molar-refractivity contribution < 1.29 is 14.2 Å². The fraction of sp³-hybridized carbons (Fsp3) is 0.600. The molecule has 1 aromatic rings. The van der Waals surface area contributed by atoms with E-state index in [0.29, 0.717) is 11.5 Å². The third-order valence-corrected chi connectivity index (χ3v) is 3.89. The maximum Gasteiger partial charge on any atom is 0.126 e. The summed E-state index contributed by atoms with van der Waals surface area (Å²) in [5, 5.41) is 9.23. The first kappa shape index (κ1) is 13.5. The predicted molar refractivity (Wildman–Crippen MR) is 69.0 cm³/mol. The third kappa shape index (κ3) is 2.43. The molecule has 1 saturated heterocycles. The van der Waals surface area contributed by atoms with Crippen molar-refractivity contribution in [3.8, 4) is 0 Å². The molecule has 1 N–H and O–H groups in total. The Labute approximate surface area is 108 Å². The molecule has 1 aliphatic rings. The van der Waals surface area contributed by atoms with Gasteiger partial charge in [-0.3, -0.25) is 0 Å². The van der Waals surface area contributed by atoms with Crippen LogP contribution in [-0.4, -0.2) is 17.8 Å². The van der Waals surface area contributed by atoms with E-state index in [1.54, 1.807) is 13.0 Å². The van der Waals surface area contributed by atoms with Gasteiger partial charge in [-0.2, -0.15) is 0 Å². The summed E-state index contributed by atoms with van der Waals surface area (Å²) < 4.78 is 19.5. The molecule has 1 fully saturated rings. The van der Waals surface area contributed by atoms with Crippen molar-refractivity contribution in [2.75, 3.05) is 6.61 Å². The molecule has 18 heavy (non-hydrogen) atoms. The molecule has 1 aromatic carbocycles. The second kappa shape index (κ2) is 5.37. The molecule has 0 aromatic heterocycles. The van der Waals surface area contributed by atoms with Crippen molar-refractivity contribution >= 4 is 0 Å². The van der Waals surface area contributed by atoms with E-state index in [1.165, 1.54) is 0 Å². The lowest BCUT2D eigenvalue weighted by Gasteiger charge is -2.17. The Balaban J connectivity index is 2.31. The van der Waals surface area contributed by atoms with Gasteiger partial charge >= 0.3 is 0 Å². The highest BCUT2D eigenvalue weighted by atomic mass is 19.1. The first-order valence-corrected chi connectivity index (χ1v) is 6.62. The van der Waals surface area contributed by atoms with Crippen LogP contribution in [0.2, 0.25) is 0 Å². The van der Waals surface area contributed by atoms with Crippen LogP contribution in [0.25, 0.3) is 0 Å². The minimum atomic E-state index is -0.175. The highest BCUT2D eigenvalue weighted by Gasteiger charge is 2.33. The minimum absolute atomic E-state index is 0.0352. The second-order valence-electron chi connectivity index (χ2n) is 5.21. The average molecular weight is 252 g/mol. The van der Waals surface area contributed by atoms with E-state index in [4.69, 9.17) is 4.74 Å². The number of ether oxygens (including phenoxy) is 1. The lowest BCUT2D eigenvalue weighted by Crippen LogP contribution is -2.17. The van der Waals surface area contributed by atoms with Gasteiger partial charge in [0, 0.05) is 0 Å². The summed E-state index contributed by atoms with van der Waals surface area (Å²) in [6, 6.07) is 3.51. The molecule has 2 rings (SSSR count). The van der Waals surface area contributed by atoms with Crippen molar-refractivity contribution in [2.45, 2.75) is 45.8 Å². The van der Waals surface area contributed by atoms with Crippen LogP contribution in [-0.2, 0) is 11.2 Å². The van der Waals surface area contributed by atoms with E-state index in [9.17, 15) is 9.50 Å². The summed E-state index contributed by atoms with van der Waals surface area (Å²) in [5.74, 6) is 0.139. The van der Waals surface area contributed by atoms with Crippen LogP contribution < -0.4 is 0 Å². The van der Waals surface area contributed by atoms with Gasteiger partial charge in [0.05, 0.1) is 18.8 Å². The Hall–Kier alpha value is -0.930. The number of aryl methyl sites for hydroxylation is 2. The molecular weight excluding hydrogens is 231 g/mol. The number of aliphatic hydroxyl groups excluding tert-OH is 1. The maximum atomic E-state index is 13.7. The van der Waals surface area contributed by atoms with Crippen LogP contribution in [0.5, 0.6) is 0 Å². The van der Waals surface area contributed by atoms with Crippen LogP contribution in [0.4, 0.5) is 4.39 Å². The van der Waals surface area contributed by atoms with Gasteiger partial charge in [-0.05, 0) is 48.4 Å². The molecule has 3 unspecified atom stereocenters. The number of aliphatic hydroxyl groups is 1. The molecule has 2 nitrogen and oxygen atoms in total. The second-order valence-corrected chi connectivity index (χ2v) is 5.21. The Bertz CT molecular complexity index is 431. The summed E-state index contributed by atoms with van der Waals surface area (Å²) in [7, 11) is 0. The van der Waals surface area contributed by atoms with Crippen LogP contribution in [0.1, 0.15) is 43.1 Å². The molecule has 0 saturated carbocycles. The quantitative estimate of drug-likeness (QED) is 0.895. The van der Waals surface area contributed by atoms with Crippen molar-refractivity contribution in [3.05, 3.63) is 34.6 Å². The Morgan fingerprint density at radius 3 is 2.72 bits per heavy atom. The molecular formula is C15H21FO2. The van der Waals surface area contributed by atoms with Gasteiger partial charge in [0.15, 0.2) is 0 Å². The maximum absolute atomic E-state index is 13.7. The van der Waals surface area contributed by atoms with Crippen LogP contribution >= 0.6 is 0 Å². The first-order valence-electron chi connectivity index (χ1n) is 6.62. The Kier molecular flexibility index (Phi) is 4.03. The van der Waals surface area contributed by atoms with Crippen molar-refractivity contribution in [1.29, 1.82) is 0 Å². The molecule has 1 aliphatic heterocycles. The van der Waals surface area contributed by atoms with E-state index in [0.717, 1.165) is 24.0 Å². The van der Waals surface area contributed by atoms with E-state index >= 15 is 0 Å². The van der Waals surface area contributed by atoms with E-state index in [1.807, 2.05) is 6.07 Å². The smallest absolute Gasteiger partial charge is 0.126 e. The van der Waals surface area contributed by atoms with Gasteiger partial charge in [0.1, 0.15) is 5.82 Å². The number of rotatable bonds is 3. The number of hydrogen-bond donors (Lipinski definition) is 1. The molecule has 0 spiro atoms. The van der Waals surface area contributed by atoms with Crippen molar-refractivity contribution in [3.63, 3.8) is 0 Å². The zero-order chi connectivity index (χ0) is 13.3. The van der Waals surface area contributed by atoms with Gasteiger partial charge in [-0.15, -0.1) is 0 Å². The fourth-order valence-corrected chi connectivity index (χ4v) is 2.68. The molecule has 0 bridgehead atoms. The van der Waals surface area contributed by atoms with E-state index in [-0.39, 0.29) is 24.6 Å². The zero-order valence-electron chi connectivity index (χ0n) is 11.2. The number of benzene rings is 1. The summed E-state index contributed by atoms with van der Waals surface area (Å²) in [6.07, 6.45) is 1.51. The number of halogens is 1. The monoisotopic (exact) mass is 252 g/mol. The van der Waals surface area contributed by atoms with Crippen molar-refractivity contribution in [2.24, 2.45) is 5.92 Å². The molecule has 3 atom stereocenters. The summed E-state index contributed by atoms with van der Waals surface area (Å²) in [4.78, 5) is 0. The largest absolute Gasteiger partial charge is 0.394 e. The van der Waals surface area contributed by atoms with Crippen molar-refractivity contribution in [1.82, 2.24) is 0 Å². The minimum Gasteiger partial charge on any atom is -0.394 e. The zero-order valence-corrected chi connectivity index (χ0v) is 11.2. The third-order valence-electron chi connectivity index (χ3n) is 3.89. The lowest BCUT2D eigenvalue weighted by molar-refractivity contribution is 0.000494. The predicted octanol–water partition coefficient (Wildman–Crippen LogP) is 3.15. The highest BCUT2D eigenvalue weighted by molar-refractivity contribution is 5.35. The van der Waals surface area contributed by atoms with Gasteiger partial charge in [-0.1, -0.05) is 19.9 Å². The van der Waals surface area contributed by atoms with Crippen LogP contribution in [0, 0.1) is 18.7 Å². The molecule has 1 heterocycles. The normalized spacial score (nSPS) is 27.7. The molecule has 0 aliphatic carbocycles. The number of hydrogen-bond acceptors (Lipinski definition) is 2. The lowest BCUT2D eigenvalue weighted by atomic mass is 9.93. The highest BCUT2D eigenvalue weighted by Crippen LogP contribution is 2.38. The topological polar surface area (TPSA) is 29.5 Å². The molecule has 0 amide bonds. The fourth-order valence-electron chi connectivity index (χ4n) is 2.68. The van der Waals surface area contributed by atoms with E-state index in [2.05, 4.69) is 13.8 Å². The first-order chi connectivity index (χ1) is 8.56. The molecule has 3 heteroatoms. The SMILES string of the molecule is CCc1cc(C)c(F)cc1C1CC(C)C(CO)O1. The van der Waals surface area contributed by atoms with Gasteiger partial charge in [-0.25, -0.2) is 4.39 Å². The summed E-state index contributed by atoms with van der Waals surface area (Å²) in [5.41, 5.74) is 2.77. The molecule has 100 valence electrons. The van der Waals surface area contributed by atoms with Gasteiger partial charge in [0.25, 0.3) is 0 Å². The Morgan fingerprint density at radius 1 is 1.44 bits per heavy atom. The van der Waals surface area contributed by atoms with E-state index < -0.39 is 0 Å². The van der Waals surface area contributed by atoms with Gasteiger partial charge in [0.2, 0.25) is 0 Å². The van der Waals surface area contributed by atoms with Crippen LogP contribution in [0.15, 0.2) is 12.1 Å². The molecule has 0 radical (unpaired) electrons.